The van der Waals surface area contributed by atoms with Gasteiger partial charge in [-0.2, -0.15) is 0 Å². The summed E-state index contributed by atoms with van der Waals surface area (Å²) < 4.78 is 11.0. The molecule has 0 amide bonds. The van der Waals surface area contributed by atoms with Crippen LogP contribution >= 0.6 is 27.5 Å². The van der Waals surface area contributed by atoms with Crippen LogP contribution in [-0.2, 0) is 0 Å². The second-order valence-corrected chi connectivity index (χ2v) is 5.31. The largest absolute Gasteiger partial charge is 0.497 e. The number of carbonyl (C=O) groups is 1. The van der Waals surface area contributed by atoms with Crippen molar-refractivity contribution in [2.45, 2.75) is 0 Å². The first-order valence-electron chi connectivity index (χ1n) is 5.78. The van der Waals surface area contributed by atoms with E-state index in [0.717, 1.165) is 0 Å². The number of benzene rings is 2. The molecule has 0 radical (unpaired) electrons. The third-order valence-electron chi connectivity index (χ3n) is 2.83. The van der Waals surface area contributed by atoms with Gasteiger partial charge in [0, 0.05) is 21.1 Å². The molecule has 3 nitrogen and oxygen atoms in total. The summed E-state index contributed by atoms with van der Waals surface area (Å²) in [6, 6.07) is 10.1. The molecule has 0 aliphatic carbocycles. The zero-order valence-electron chi connectivity index (χ0n) is 10.9. The molecule has 0 fully saturated rings. The number of carbonyl (C=O) groups excluding carboxylic acids is 1. The van der Waals surface area contributed by atoms with E-state index in [1.807, 2.05) is 0 Å². The normalized spacial score (nSPS) is 10.2. The molecule has 0 unspecified atom stereocenters. The first-order chi connectivity index (χ1) is 9.56. The van der Waals surface area contributed by atoms with Gasteiger partial charge in [-0.25, -0.2) is 0 Å². The maximum Gasteiger partial charge on any atom is 0.197 e. The summed E-state index contributed by atoms with van der Waals surface area (Å²) in [6.45, 7) is 0. The topological polar surface area (TPSA) is 35.5 Å². The van der Waals surface area contributed by atoms with Gasteiger partial charge in [-0.15, -0.1) is 0 Å². The SMILES string of the molecule is COc1ccc(C(=O)c2ccc(Cl)cc2Br)c(OC)c1. The summed E-state index contributed by atoms with van der Waals surface area (Å²) in [5.41, 5.74) is 0.995. The molecule has 0 N–H and O–H groups in total. The predicted molar refractivity (Wildman–Crippen MR) is 82.1 cm³/mol. The first-order valence-corrected chi connectivity index (χ1v) is 6.95. The molecule has 20 heavy (non-hydrogen) atoms. The minimum absolute atomic E-state index is 0.145. The van der Waals surface area contributed by atoms with Crippen molar-refractivity contribution in [1.29, 1.82) is 0 Å². The number of ether oxygens (including phenoxy) is 2. The molecule has 0 saturated heterocycles. The van der Waals surface area contributed by atoms with E-state index in [2.05, 4.69) is 15.9 Å². The van der Waals surface area contributed by atoms with Crippen LogP contribution in [0.5, 0.6) is 11.5 Å². The van der Waals surface area contributed by atoms with Crippen LogP contribution in [-0.4, -0.2) is 20.0 Å². The molecule has 0 bridgehead atoms. The van der Waals surface area contributed by atoms with Crippen molar-refractivity contribution in [2.75, 3.05) is 14.2 Å². The van der Waals surface area contributed by atoms with Crippen LogP contribution in [0.4, 0.5) is 0 Å². The first kappa shape index (κ1) is 14.9. The van der Waals surface area contributed by atoms with Gasteiger partial charge in [0.2, 0.25) is 0 Å². The number of halogens is 2. The van der Waals surface area contributed by atoms with Gasteiger partial charge in [0.25, 0.3) is 0 Å². The van der Waals surface area contributed by atoms with Crippen LogP contribution < -0.4 is 9.47 Å². The van der Waals surface area contributed by atoms with Crippen molar-refractivity contribution < 1.29 is 14.3 Å². The van der Waals surface area contributed by atoms with Gasteiger partial charge in [0.15, 0.2) is 5.78 Å². The van der Waals surface area contributed by atoms with Crippen molar-refractivity contribution in [3.8, 4) is 11.5 Å². The average Bonchev–Trinajstić information content (AvgIpc) is 2.46. The molecule has 2 rings (SSSR count). The van der Waals surface area contributed by atoms with Gasteiger partial charge in [-0.1, -0.05) is 11.6 Å². The summed E-state index contributed by atoms with van der Waals surface area (Å²) in [6.07, 6.45) is 0. The number of hydrogen-bond donors (Lipinski definition) is 0. The quantitative estimate of drug-likeness (QED) is 0.765. The van der Waals surface area contributed by atoms with Crippen LogP contribution in [0.15, 0.2) is 40.9 Å². The Labute approximate surface area is 130 Å². The number of methoxy groups -OCH3 is 2. The summed E-state index contributed by atoms with van der Waals surface area (Å²) in [5.74, 6) is 0.956. The number of ketones is 1. The molecular weight excluding hydrogens is 344 g/mol. The van der Waals surface area contributed by atoms with E-state index in [9.17, 15) is 4.79 Å². The Bertz CT molecular complexity index is 656. The zero-order valence-corrected chi connectivity index (χ0v) is 13.3. The highest BCUT2D eigenvalue weighted by Crippen LogP contribution is 2.30. The summed E-state index contributed by atoms with van der Waals surface area (Å²) in [4.78, 5) is 12.6. The lowest BCUT2D eigenvalue weighted by molar-refractivity contribution is 0.103. The van der Waals surface area contributed by atoms with E-state index in [1.54, 1.807) is 43.5 Å². The highest BCUT2D eigenvalue weighted by atomic mass is 79.9. The third kappa shape index (κ3) is 2.97. The van der Waals surface area contributed by atoms with E-state index >= 15 is 0 Å². The number of hydrogen-bond acceptors (Lipinski definition) is 3. The molecule has 2 aromatic carbocycles. The Morgan fingerprint density at radius 2 is 1.75 bits per heavy atom. The molecule has 0 spiro atoms. The Hall–Kier alpha value is -1.52. The molecule has 0 saturated carbocycles. The lowest BCUT2D eigenvalue weighted by atomic mass is 10.0. The molecule has 0 aliphatic heterocycles. The second-order valence-electron chi connectivity index (χ2n) is 4.02. The van der Waals surface area contributed by atoms with Crippen LogP contribution in [0.2, 0.25) is 5.02 Å². The molecule has 2 aromatic rings. The highest BCUT2D eigenvalue weighted by Gasteiger charge is 2.17. The molecule has 104 valence electrons. The maximum absolute atomic E-state index is 12.6. The van der Waals surface area contributed by atoms with Crippen LogP contribution in [0, 0.1) is 0 Å². The highest BCUT2D eigenvalue weighted by molar-refractivity contribution is 9.10. The molecule has 0 aliphatic rings. The average molecular weight is 356 g/mol. The van der Waals surface area contributed by atoms with Crippen molar-refractivity contribution >= 4 is 33.3 Å². The van der Waals surface area contributed by atoms with Gasteiger partial charge in [0.05, 0.1) is 19.8 Å². The maximum atomic E-state index is 12.6. The summed E-state index contributed by atoms with van der Waals surface area (Å²) in [7, 11) is 3.08. The smallest absolute Gasteiger partial charge is 0.197 e. The Kier molecular flexibility index (Phi) is 4.68. The third-order valence-corrected chi connectivity index (χ3v) is 3.72. The van der Waals surface area contributed by atoms with Crippen LogP contribution in [0.25, 0.3) is 0 Å². The monoisotopic (exact) mass is 354 g/mol. The lowest BCUT2D eigenvalue weighted by Crippen LogP contribution is -2.05. The molecule has 0 aromatic heterocycles. The fourth-order valence-corrected chi connectivity index (χ4v) is 2.67. The van der Waals surface area contributed by atoms with Crippen molar-refractivity contribution in [3.63, 3.8) is 0 Å². The van der Waals surface area contributed by atoms with E-state index in [4.69, 9.17) is 21.1 Å². The van der Waals surface area contributed by atoms with E-state index in [-0.39, 0.29) is 5.78 Å². The zero-order chi connectivity index (χ0) is 14.7. The second kappa shape index (κ2) is 6.29. The molecular formula is C15H12BrClO3. The van der Waals surface area contributed by atoms with E-state index < -0.39 is 0 Å². The van der Waals surface area contributed by atoms with E-state index in [0.29, 0.717) is 32.1 Å². The van der Waals surface area contributed by atoms with Crippen LogP contribution in [0.3, 0.4) is 0 Å². The minimum atomic E-state index is -0.145. The fraction of sp³-hybridized carbons (Fsp3) is 0.133. The van der Waals surface area contributed by atoms with Crippen LogP contribution in [0.1, 0.15) is 15.9 Å². The van der Waals surface area contributed by atoms with Gasteiger partial charge in [-0.05, 0) is 46.3 Å². The number of rotatable bonds is 4. The van der Waals surface area contributed by atoms with Gasteiger partial charge in [-0.3, -0.25) is 4.79 Å². The van der Waals surface area contributed by atoms with Gasteiger partial charge < -0.3 is 9.47 Å². The van der Waals surface area contributed by atoms with Crippen molar-refractivity contribution in [1.82, 2.24) is 0 Å². The van der Waals surface area contributed by atoms with E-state index in [1.165, 1.54) is 7.11 Å². The molecule has 0 atom stereocenters. The minimum Gasteiger partial charge on any atom is -0.497 e. The Morgan fingerprint density at radius 1 is 1.05 bits per heavy atom. The van der Waals surface area contributed by atoms with Gasteiger partial charge in [0.1, 0.15) is 11.5 Å². The summed E-state index contributed by atoms with van der Waals surface area (Å²) in [5, 5.41) is 0.565. The predicted octanol–water partition coefficient (Wildman–Crippen LogP) is 4.35. The Balaban J connectivity index is 2.47. The van der Waals surface area contributed by atoms with Crippen molar-refractivity contribution in [2.24, 2.45) is 0 Å². The molecule has 0 heterocycles. The van der Waals surface area contributed by atoms with Gasteiger partial charge >= 0.3 is 0 Å². The Morgan fingerprint density at radius 3 is 2.35 bits per heavy atom. The fourth-order valence-electron chi connectivity index (χ4n) is 1.80. The summed E-state index contributed by atoms with van der Waals surface area (Å²) >= 11 is 9.23. The molecule has 5 heteroatoms. The standard InChI is InChI=1S/C15H12BrClO3/c1-19-10-4-6-12(14(8-10)20-2)15(18)11-5-3-9(17)7-13(11)16/h3-8H,1-2H3. The lowest BCUT2D eigenvalue weighted by Gasteiger charge is -2.10. The van der Waals surface area contributed by atoms with Crippen molar-refractivity contribution in [3.05, 3.63) is 57.0 Å².